The summed E-state index contributed by atoms with van der Waals surface area (Å²) in [4.78, 5) is 11.5. The molecule has 0 fully saturated rings. The minimum Gasteiger partial charge on any atom is -0.480 e. The molecule has 0 aliphatic rings. The fourth-order valence-electron chi connectivity index (χ4n) is 2.68. The summed E-state index contributed by atoms with van der Waals surface area (Å²) in [5.41, 5.74) is 0.895. The highest BCUT2D eigenvalue weighted by molar-refractivity contribution is 7.91. The molecule has 2 atom stereocenters. The van der Waals surface area contributed by atoms with Crippen LogP contribution < -0.4 is 5.32 Å². The maximum Gasteiger partial charge on any atom is 0.321 e. The lowest BCUT2D eigenvalue weighted by Crippen LogP contribution is -2.41. The molecule has 0 aliphatic carbocycles. The van der Waals surface area contributed by atoms with Crippen molar-refractivity contribution in [2.45, 2.75) is 24.3 Å². The molecule has 8 heteroatoms. The van der Waals surface area contributed by atoms with Gasteiger partial charge in [0.05, 0.1) is 10.6 Å². The van der Waals surface area contributed by atoms with E-state index in [2.05, 4.69) is 5.32 Å². The summed E-state index contributed by atoms with van der Waals surface area (Å²) in [6.45, 7) is 2.00. The van der Waals surface area contributed by atoms with Crippen LogP contribution in [0.5, 0.6) is 0 Å². The molecule has 0 saturated heterocycles. The number of carbonyl (C=O) groups is 1. The monoisotopic (exact) mass is 429 g/mol. The Morgan fingerprint density at radius 1 is 1.11 bits per heavy atom. The third-order valence-electron chi connectivity index (χ3n) is 3.99. The number of aliphatic carboxylic acids is 1. The smallest absolute Gasteiger partial charge is 0.321 e. The lowest BCUT2D eigenvalue weighted by Gasteiger charge is -2.18. The van der Waals surface area contributed by atoms with Crippen molar-refractivity contribution in [3.8, 4) is 0 Å². The second kappa shape index (κ2) is 9.55. The zero-order valence-electron chi connectivity index (χ0n) is 14.7. The second-order valence-electron chi connectivity index (χ2n) is 6.48. The lowest BCUT2D eigenvalue weighted by atomic mass is 10.1. The van der Waals surface area contributed by atoms with E-state index in [1.54, 1.807) is 6.92 Å². The fourth-order valence-corrected chi connectivity index (χ4v) is 5.01. The maximum atomic E-state index is 12.6. The van der Waals surface area contributed by atoms with Gasteiger partial charge in [-0.2, -0.15) is 0 Å². The summed E-state index contributed by atoms with van der Waals surface area (Å²) in [5, 5.41) is 12.9. The fraction of sp³-hybridized carbons (Fsp3) is 0.316. The molecule has 0 amide bonds. The number of carboxylic acid groups (broad SMARTS) is 1. The average Bonchev–Trinajstić information content (AvgIpc) is 2.58. The molecule has 0 spiro atoms. The Labute approximate surface area is 169 Å². The first-order valence-corrected chi connectivity index (χ1v) is 10.8. The number of hydrogen-bond donors (Lipinski definition) is 2. The molecule has 2 N–H and O–H groups in total. The number of halogens is 2. The number of rotatable bonds is 9. The number of sulfone groups is 1. The van der Waals surface area contributed by atoms with Crippen molar-refractivity contribution in [2.24, 2.45) is 5.92 Å². The summed E-state index contributed by atoms with van der Waals surface area (Å²) in [6.07, 6.45) is 0.319. The van der Waals surface area contributed by atoms with E-state index in [1.807, 2.05) is 30.3 Å². The summed E-state index contributed by atoms with van der Waals surface area (Å²) in [5.74, 6) is -1.42. The molecular formula is C19H21Cl2NO4S. The summed E-state index contributed by atoms with van der Waals surface area (Å²) < 4.78 is 25.1. The van der Waals surface area contributed by atoms with Crippen molar-refractivity contribution in [3.63, 3.8) is 0 Å². The Morgan fingerprint density at radius 2 is 1.70 bits per heavy atom. The van der Waals surface area contributed by atoms with Gasteiger partial charge in [-0.3, -0.25) is 4.79 Å². The van der Waals surface area contributed by atoms with E-state index in [1.165, 1.54) is 18.2 Å². The van der Waals surface area contributed by atoms with E-state index in [-0.39, 0.29) is 33.2 Å². The molecule has 2 rings (SSSR count). The molecule has 2 aromatic rings. The number of carboxylic acids is 1. The van der Waals surface area contributed by atoms with E-state index in [4.69, 9.17) is 23.2 Å². The van der Waals surface area contributed by atoms with Crippen molar-refractivity contribution in [2.75, 3.05) is 12.3 Å². The van der Waals surface area contributed by atoms with Crippen LogP contribution in [0.4, 0.5) is 0 Å². The Morgan fingerprint density at radius 3 is 2.26 bits per heavy atom. The molecule has 0 aliphatic heterocycles. The van der Waals surface area contributed by atoms with Crippen molar-refractivity contribution in [3.05, 3.63) is 64.1 Å². The van der Waals surface area contributed by atoms with Gasteiger partial charge in [0.25, 0.3) is 0 Å². The summed E-state index contributed by atoms with van der Waals surface area (Å²) >= 11 is 11.8. The minimum absolute atomic E-state index is 0.0610. The van der Waals surface area contributed by atoms with E-state index < -0.39 is 21.8 Å². The highest BCUT2D eigenvalue weighted by Crippen LogP contribution is 2.24. The van der Waals surface area contributed by atoms with Gasteiger partial charge in [0, 0.05) is 10.0 Å². The number of nitrogens with one attached hydrogen (secondary N) is 1. The van der Waals surface area contributed by atoms with Gasteiger partial charge in [0.1, 0.15) is 6.04 Å². The van der Waals surface area contributed by atoms with E-state index in [0.717, 1.165) is 5.56 Å². The summed E-state index contributed by atoms with van der Waals surface area (Å²) in [7, 11) is -3.59. The summed E-state index contributed by atoms with van der Waals surface area (Å²) in [6, 6.07) is 12.7. The van der Waals surface area contributed by atoms with E-state index >= 15 is 0 Å². The zero-order valence-corrected chi connectivity index (χ0v) is 17.1. The van der Waals surface area contributed by atoms with E-state index in [9.17, 15) is 18.3 Å². The molecule has 27 heavy (non-hydrogen) atoms. The quantitative estimate of drug-likeness (QED) is 0.634. The standard InChI is InChI=1S/C19H21Cl2NO4S/c1-13(12-27(25,26)17-9-15(20)8-16(21)10-17)11-22-18(19(23)24)7-14-5-3-2-4-6-14/h2-6,8-10,13,18,22H,7,11-12H2,1H3,(H,23,24)/t13?,18-/m0/s1. The topological polar surface area (TPSA) is 83.5 Å². The van der Waals surface area contributed by atoms with Crippen LogP contribution in [0, 0.1) is 5.92 Å². The third-order valence-corrected chi connectivity index (χ3v) is 6.39. The van der Waals surface area contributed by atoms with Crippen LogP contribution in [0.1, 0.15) is 12.5 Å². The third kappa shape index (κ3) is 6.81. The van der Waals surface area contributed by atoms with Crippen molar-refractivity contribution < 1.29 is 18.3 Å². The SMILES string of the molecule is CC(CN[C@@H](Cc1ccccc1)C(=O)O)CS(=O)(=O)c1cc(Cl)cc(Cl)c1. The van der Waals surface area contributed by atoms with Gasteiger partial charge in [0.15, 0.2) is 9.84 Å². The predicted molar refractivity (Wildman–Crippen MR) is 107 cm³/mol. The predicted octanol–water partition coefficient (Wildman–Crippen LogP) is 3.69. The molecule has 0 bridgehead atoms. The Bertz CT molecular complexity index is 868. The zero-order chi connectivity index (χ0) is 20.0. The van der Waals surface area contributed by atoms with Gasteiger partial charge in [0.2, 0.25) is 0 Å². The Hall–Kier alpha value is -1.60. The van der Waals surface area contributed by atoms with Crippen LogP contribution in [-0.2, 0) is 21.1 Å². The largest absolute Gasteiger partial charge is 0.480 e. The maximum absolute atomic E-state index is 12.6. The Balaban J connectivity index is 1.98. The first kappa shape index (κ1) is 21.7. The van der Waals surface area contributed by atoms with Crippen LogP contribution in [0.15, 0.2) is 53.4 Å². The Kier molecular flexibility index (Phi) is 7.68. The van der Waals surface area contributed by atoms with Gasteiger partial charge in [-0.15, -0.1) is 0 Å². The molecule has 0 aromatic heterocycles. The molecule has 5 nitrogen and oxygen atoms in total. The number of hydrogen-bond acceptors (Lipinski definition) is 4. The van der Waals surface area contributed by atoms with Crippen LogP contribution in [0.25, 0.3) is 0 Å². The van der Waals surface area contributed by atoms with Gasteiger partial charge in [-0.05, 0) is 42.6 Å². The van der Waals surface area contributed by atoms with E-state index in [0.29, 0.717) is 6.42 Å². The minimum atomic E-state index is -3.59. The van der Waals surface area contributed by atoms with Crippen LogP contribution in [0.3, 0.4) is 0 Å². The number of benzene rings is 2. The average molecular weight is 430 g/mol. The first-order chi connectivity index (χ1) is 12.7. The molecule has 146 valence electrons. The van der Waals surface area contributed by atoms with Crippen LogP contribution in [0.2, 0.25) is 10.0 Å². The molecule has 0 radical (unpaired) electrons. The first-order valence-electron chi connectivity index (χ1n) is 8.36. The molecule has 0 saturated carbocycles. The van der Waals surface area contributed by atoms with Gasteiger partial charge in [-0.25, -0.2) is 8.42 Å². The van der Waals surface area contributed by atoms with Gasteiger partial charge >= 0.3 is 5.97 Å². The molecule has 2 aromatic carbocycles. The molecular weight excluding hydrogens is 409 g/mol. The van der Waals surface area contributed by atoms with Crippen molar-refractivity contribution in [1.82, 2.24) is 5.32 Å². The van der Waals surface area contributed by atoms with Crippen molar-refractivity contribution in [1.29, 1.82) is 0 Å². The second-order valence-corrected chi connectivity index (χ2v) is 9.39. The molecule has 1 unspecified atom stereocenters. The van der Waals surface area contributed by atoms with Crippen LogP contribution >= 0.6 is 23.2 Å². The van der Waals surface area contributed by atoms with Gasteiger partial charge < -0.3 is 10.4 Å². The van der Waals surface area contributed by atoms with Crippen LogP contribution in [-0.4, -0.2) is 37.8 Å². The highest BCUT2D eigenvalue weighted by atomic mass is 35.5. The lowest BCUT2D eigenvalue weighted by molar-refractivity contribution is -0.139. The van der Waals surface area contributed by atoms with Gasteiger partial charge in [-0.1, -0.05) is 60.5 Å². The highest BCUT2D eigenvalue weighted by Gasteiger charge is 2.22. The normalized spacial score (nSPS) is 13.9. The molecule has 0 heterocycles. The van der Waals surface area contributed by atoms with Crippen molar-refractivity contribution >= 4 is 39.0 Å².